The van der Waals surface area contributed by atoms with Crippen LogP contribution in [0, 0.1) is 0 Å². The quantitative estimate of drug-likeness (QED) is 0.633. The molecule has 0 aliphatic heterocycles. The van der Waals surface area contributed by atoms with Crippen LogP contribution in [0.4, 0.5) is 0 Å². The molecule has 0 spiro atoms. The van der Waals surface area contributed by atoms with Gasteiger partial charge in [-0.25, -0.2) is 4.79 Å². The zero-order valence-corrected chi connectivity index (χ0v) is 7.47. The molecule has 0 aliphatic carbocycles. The Hall–Kier alpha value is -1.72. The maximum Gasteiger partial charge on any atom is 0.368 e. The molecule has 0 fully saturated rings. The van der Waals surface area contributed by atoms with Crippen molar-refractivity contribution in [2.75, 3.05) is 0 Å². The second-order valence-electron chi connectivity index (χ2n) is 2.55. The minimum atomic E-state index is -0.409. The summed E-state index contributed by atoms with van der Waals surface area (Å²) in [7, 11) is 0. The molecule has 0 atom stereocenters. The monoisotopic (exact) mass is 182 g/mol. The highest BCUT2D eigenvalue weighted by molar-refractivity contribution is 5.75. The van der Waals surface area contributed by atoms with E-state index in [9.17, 15) is 9.59 Å². The standard InChI is InChI=1S/C7H10N4O2/c1-3-4-10-7(13)11(9-8-10)5-6(2)12/h3-4H,5H2,1-2H3/b4-3+. The molecular weight excluding hydrogens is 172 g/mol. The summed E-state index contributed by atoms with van der Waals surface area (Å²) in [5.74, 6) is -0.130. The molecule has 6 heteroatoms. The van der Waals surface area contributed by atoms with Crippen LogP contribution >= 0.6 is 0 Å². The molecule has 0 N–H and O–H groups in total. The Balaban J connectivity index is 3.00. The van der Waals surface area contributed by atoms with Gasteiger partial charge in [0.1, 0.15) is 6.54 Å². The number of tetrazole rings is 1. The Morgan fingerprint density at radius 2 is 2.23 bits per heavy atom. The summed E-state index contributed by atoms with van der Waals surface area (Å²) in [5.41, 5.74) is -0.409. The lowest BCUT2D eigenvalue weighted by atomic mass is 10.5. The Bertz CT molecular complexity index is 387. The van der Waals surface area contributed by atoms with Gasteiger partial charge in [-0.2, -0.15) is 9.36 Å². The zero-order valence-electron chi connectivity index (χ0n) is 7.47. The van der Waals surface area contributed by atoms with Crippen molar-refractivity contribution in [1.82, 2.24) is 19.8 Å². The van der Waals surface area contributed by atoms with E-state index in [1.54, 1.807) is 13.0 Å². The van der Waals surface area contributed by atoms with Gasteiger partial charge >= 0.3 is 5.69 Å². The molecule has 6 nitrogen and oxygen atoms in total. The van der Waals surface area contributed by atoms with Crippen molar-refractivity contribution in [3.8, 4) is 0 Å². The highest BCUT2D eigenvalue weighted by Crippen LogP contribution is 1.79. The number of ketones is 1. The molecule has 0 amide bonds. The number of hydrogen-bond acceptors (Lipinski definition) is 4. The molecule has 0 saturated carbocycles. The van der Waals surface area contributed by atoms with Crippen LogP contribution in [0.5, 0.6) is 0 Å². The Morgan fingerprint density at radius 1 is 1.54 bits per heavy atom. The van der Waals surface area contributed by atoms with Crippen LogP contribution in [0.3, 0.4) is 0 Å². The minimum Gasteiger partial charge on any atom is -0.298 e. The zero-order chi connectivity index (χ0) is 9.84. The number of Topliss-reactive ketones (excluding diaryl/α,β-unsaturated/α-hetero) is 1. The van der Waals surface area contributed by atoms with E-state index >= 15 is 0 Å². The second-order valence-corrected chi connectivity index (χ2v) is 2.55. The summed E-state index contributed by atoms with van der Waals surface area (Å²) < 4.78 is 2.09. The van der Waals surface area contributed by atoms with Gasteiger partial charge in [0.15, 0.2) is 5.78 Å². The molecule has 1 aromatic heterocycles. The van der Waals surface area contributed by atoms with Crippen molar-refractivity contribution >= 4 is 12.0 Å². The van der Waals surface area contributed by atoms with E-state index in [0.29, 0.717) is 0 Å². The highest BCUT2D eigenvalue weighted by atomic mass is 16.2. The van der Waals surface area contributed by atoms with Gasteiger partial charge < -0.3 is 0 Å². The van der Waals surface area contributed by atoms with Crippen molar-refractivity contribution in [2.24, 2.45) is 0 Å². The lowest BCUT2D eigenvalue weighted by Crippen LogP contribution is -2.25. The summed E-state index contributed by atoms with van der Waals surface area (Å²) in [6.07, 6.45) is 3.14. The van der Waals surface area contributed by atoms with Crippen LogP contribution in [0.15, 0.2) is 10.9 Å². The van der Waals surface area contributed by atoms with Gasteiger partial charge in [0.2, 0.25) is 0 Å². The lowest BCUT2D eigenvalue weighted by molar-refractivity contribution is -0.117. The number of carbonyl (C=O) groups is 1. The van der Waals surface area contributed by atoms with E-state index in [0.717, 1.165) is 9.36 Å². The van der Waals surface area contributed by atoms with Gasteiger partial charge in [-0.15, -0.1) is 0 Å². The van der Waals surface area contributed by atoms with Gasteiger partial charge in [0.05, 0.1) is 0 Å². The Morgan fingerprint density at radius 3 is 2.77 bits per heavy atom. The molecule has 0 aliphatic rings. The van der Waals surface area contributed by atoms with Crippen LogP contribution in [0.1, 0.15) is 13.8 Å². The van der Waals surface area contributed by atoms with Crippen LogP contribution < -0.4 is 5.69 Å². The molecule has 0 radical (unpaired) electrons. The molecule has 70 valence electrons. The number of carbonyl (C=O) groups excluding carboxylic acids is 1. The predicted octanol–water partition coefficient (Wildman–Crippen LogP) is -0.481. The van der Waals surface area contributed by atoms with Gasteiger partial charge in [-0.1, -0.05) is 6.08 Å². The third-order valence-corrected chi connectivity index (χ3v) is 1.32. The van der Waals surface area contributed by atoms with Crippen molar-refractivity contribution in [2.45, 2.75) is 20.4 Å². The van der Waals surface area contributed by atoms with E-state index in [4.69, 9.17) is 0 Å². The maximum absolute atomic E-state index is 11.3. The summed E-state index contributed by atoms with van der Waals surface area (Å²) in [6, 6.07) is 0. The van der Waals surface area contributed by atoms with Crippen molar-refractivity contribution < 1.29 is 4.79 Å². The van der Waals surface area contributed by atoms with Crippen LogP contribution in [-0.4, -0.2) is 25.6 Å². The highest BCUT2D eigenvalue weighted by Gasteiger charge is 2.05. The number of aromatic nitrogens is 4. The van der Waals surface area contributed by atoms with E-state index < -0.39 is 5.69 Å². The molecule has 0 saturated heterocycles. The summed E-state index contributed by atoms with van der Waals surface area (Å²) in [5, 5.41) is 7.06. The molecular formula is C7H10N4O2. The lowest BCUT2D eigenvalue weighted by Gasteiger charge is -1.89. The molecule has 1 aromatic rings. The van der Waals surface area contributed by atoms with Gasteiger partial charge in [-0.05, 0) is 24.3 Å². The summed E-state index contributed by atoms with van der Waals surface area (Å²) in [6.45, 7) is 3.12. The number of hydrogen-bond donors (Lipinski definition) is 0. The number of nitrogens with zero attached hydrogens (tertiary/aromatic N) is 4. The minimum absolute atomic E-state index is 0.0314. The molecule has 13 heavy (non-hydrogen) atoms. The van der Waals surface area contributed by atoms with Crippen molar-refractivity contribution in [3.05, 3.63) is 16.6 Å². The van der Waals surface area contributed by atoms with E-state index in [1.165, 1.54) is 13.1 Å². The predicted molar refractivity (Wildman–Crippen MR) is 46.0 cm³/mol. The first kappa shape index (κ1) is 9.37. The fourth-order valence-electron chi connectivity index (χ4n) is 0.831. The number of rotatable bonds is 3. The van der Waals surface area contributed by atoms with Gasteiger partial charge in [-0.3, -0.25) is 4.79 Å². The van der Waals surface area contributed by atoms with Crippen molar-refractivity contribution in [3.63, 3.8) is 0 Å². The van der Waals surface area contributed by atoms with Gasteiger partial charge in [0.25, 0.3) is 0 Å². The first-order valence-electron chi connectivity index (χ1n) is 3.79. The third-order valence-electron chi connectivity index (χ3n) is 1.32. The molecule has 0 aromatic carbocycles. The SMILES string of the molecule is C/C=C/n1nnn(CC(C)=O)c1=O. The number of allylic oxidation sites excluding steroid dienone is 1. The first-order valence-corrected chi connectivity index (χ1v) is 3.79. The van der Waals surface area contributed by atoms with Crippen LogP contribution in [0.2, 0.25) is 0 Å². The fraction of sp³-hybridized carbons (Fsp3) is 0.429. The average Bonchev–Trinajstić information content (AvgIpc) is 2.36. The third kappa shape index (κ3) is 2.11. The fourth-order valence-corrected chi connectivity index (χ4v) is 0.831. The van der Waals surface area contributed by atoms with Crippen LogP contribution in [0.25, 0.3) is 6.20 Å². The Kier molecular flexibility index (Phi) is 2.73. The summed E-state index contributed by atoms with van der Waals surface area (Å²) in [4.78, 5) is 22.0. The Labute approximate surface area is 74.4 Å². The maximum atomic E-state index is 11.3. The van der Waals surface area contributed by atoms with Gasteiger partial charge in [0, 0.05) is 6.20 Å². The topological polar surface area (TPSA) is 69.8 Å². The smallest absolute Gasteiger partial charge is 0.298 e. The molecule has 0 bridgehead atoms. The van der Waals surface area contributed by atoms with Crippen LogP contribution in [-0.2, 0) is 11.3 Å². The van der Waals surface area contributed by atoms with E-state index in [1.807, 2.05) is 0 Å². The van der Waals surface area contributed by atoms with Crippen molar-refractivity contribution in [1.29, 1.82) is 0 Å². The molecule has 1 heterocycles. The largest absolute Gasteiger partial charge is 0.368 e. The van der Waals surface area contributed by atoms with E-state index in [2.05, 4.69) is 10.4 Å². The normalized spacial score (nSPS) is 10.9. The second kappa shape index (κ2) is 3.79. The van der Waals surface area contributed by atoms with E-state index in [-0.39, 0.29) is 12.3 Å². The molecule has 1 rings (SSSR count). The average molecular weight is 182 g/mol. The molecule has 0 unspecified atom stereocenters. The first-order chi connectivity index (χ1) is 6.15. The summed E-state index contributed by atoms with van der Waals surface area (Å²) >= 11 is 0.